The monoisotopic (exact) mass is 500 g/mol. The molecule has 5 rings (SSSR count). The number of hydrogen-bond acceptors (Lipinski definition) is 5. The minimum atomic E-state index is -4.17. The SMILES string of the molecule is CC(C)N1CCCC(N(c2cnn(C)c2)S(=O)(=O)NC(=O)Nc2c3c(cc4c2CCC4)CCC3)C1. The third kappa shape index (κ3) is 4.78. The Bertz CT molecular complexity index is 1190. The Labute approximate surface area is 208 Å². The zero-order valence-electron chi connectivity index (χ0n) is 20.9. The maximum Gasteiger partial charge on any atom is 0.334 e. The molecule has 1 atom stereocenters. The van der Waals surface area contributed by atoms with Gasteiger partial charge in [-0.3, -0.25) is 9.58 Å². The standard InChI is InChI=1S/C25H36N6O3S/c1-17(2)30-12-6-9-20(16-30)31(21-14-26-29(3)15-21)35(33,34)28-25(32)27-24-22-10-4-7-18(22)13-19-8-5-11-23(19)24/h13-15,17,20H,4-12,16H2,1-3H3,(H2,27,28,32). The maximum atomic E-state index is 13.7. The number of hydrogen-bond donors (Lipinski definition) is 2. The number of amides is 2. The van der Waals surface area contributed by atoms with Gasteiger partial charge in [0.15, 0.2) is 0 Å². The fourth-order valence-corrected chi connectivity index (χ4v) is 7.30. The predicted molar refractivity (Wildman–Crippen MR) is 137 cm³/mol. The summed E-state index contributed by atoms with van der Waals surface area (Å²) in [5.41, 5.74) is 6.21. The van der Waals surface area contributed by atoms with Gasteiger partial charge in [0.05, 0.1) is 17.9 Å². The molecule has 1 aromatic carbocycles. The Morgan fingerprint density at radius 2 is 1.80 bits per heavy atom. The summed E-state index contributed by atoms with van der Waals surface area (Å²) in [6, 6.07) is 1.61. The first-order valence-electron chi connectivity index (χ1n) is 12.8. The van der Waals surface area contributed by atoms with Crippen LogP contribution in [-0.4, -0.2) is 54.3 Å². The van der Waals surface area contributed by atoms with Gasteiger partial charge in [-0.1, -0.05) is 6.07 Å². The molecule has 190 valence electrons. The molecule has 0 spiro atoms. The lowest BCUT2D eigenvalue weighted by atomic mass is 9.99. The average molecular weight is 501 g/mol. The zero-order chi connectivity index (χ0) is 24.7. The number of rotatable bonds is 6. The van der Waals surface area contributed by atoms with Crippen LogP contribution in [0.25, 0.3) is 0 Å². The summed E-state index contributed by atoms with van der Waals surface area (Å²) in [6.07, 6.45) is 10.8. The summed E-state index contributed by atoms with van der Waals surface area (Å²) in [7, 11) is -2.41. The van der Waals surface area contributed by atoms with Crippen LogP contribution < -0.4 is 14.3 Å². The molecule has 0 bridgehead atoms. The molecule has 1 fully saturated rings. The summed E-state index contributed by atoms with van der Waals surface area (Å²) in [5, 5.41) is 7.15. The first-order valence-corrected chi connectivity index (χ1v) is 14.2. The highest BCUT2D eigenvalue weighted by atomic mass is 32.2. The Balaban J connectivity index is 1.41. The summed E-state index contributed by atoms with van der Waals surface area (Å²) < 4.78 is 32.6. The second kappa shape index (κ2) is 9.46. The second-order valence-corrected chi connectivity index (χ2v) is 11.9. The van der Waals surface area contributed by atoms with Gasteiger partial charge >= 0.3 is 16.2 Å². The molecule has 2 heterocycles. The summed E-state index contributed by atoms with van der Waals surface area (Å²) in [5.74, 6) is 0. The number of nitrogens with one attached hydrogen (secondary N) is 2. The van der Waals surface area contributed by atoms with Crippen LogP contribution in [0.5, 0.6) is 0 Å². The number of carbonyl (C=O) groups excluding carboxylic acids is 1. The molecule has 0 saturated carbocycles. The maximum absolute atomic E-state index is 13.7. The van der Waals surface area contributed by atoms with Crippen LogP contribution >= 0.6 is 0 Å². The van der Waals surface area contributed by atoms with Crippen molar-refractivity contribution in [2.45, 2.75) is 77.3 Å². The van der Waals surface area contributed by atoms with Crippen molar-refractivity contribution < 1.29 is 13.2 Å². The third-order valence-electron chi connectivity index (χ3n) is 7.63. The first kappa shape index (κ1) is 24.1. The summed E-state index contributed by atoms with van der Waals surface area (Å²) >= 11 is 0. The number of nitrogens with zero attached hydrogens (tertiary/aromatic N) is 4. The van der Waals surface area contributed by atoms with Crippen LogP contribution in [-0.2, 0) is 42.9 Å². The lowest BCUT2D eigenvalue weighted by molar-refractivity contribution is 0.170. The van der Waals surface area contributed by atoms with Crippen LogP contribution in [0.1, 0.15) is 61.8 Å². The molecule has 1 unspecified atom stereocenters. The van der Waals surface area contributed by atoms with Gasteiger partial charge in [0.25, 0.3) is 0 Å². The minimum Gasteiger partial charge on any atom is -0.307 e. The van der Waals surface area contributed by atoms with E-state index in [0.29, 0.717) is 18.3 Å². The number of fused-ring (bicyclic) bond motifs is 2. The molecular formula is C25H36N6O3S. The van der Waals surface area contributed by atoms with Crippen LogP contribution in [0.15, 0.2) is 18.5 Å². The van der Waals surface area contributed by atoms with Crippen molar-refractivity contribution in [1.29, 1.82) is 0 Å². The molecule has 35 heavy (non-hydrogen) atoms. The Hall–Kier alpha value is -2.59. The highest BCUT2D eigenvalue weighted by Crippen LogP contribution is 2.38. The van der Waals surface area contributed by atoms with Crippen LogP contribution in [0, 0.1) is 0 Å². The number of anilines is 2. The molecule has 2 amide bonds. The molecule has 2 N–H and O–H groups in total. The van der Waals surface area contributed by atoms with Crippen molar-refractivity contribution in [1.82, 2.24) is 19.4 Å². The molecule has 10 heteroatoms. The Morgan fingerprint density at radius 1 is 1.11 bits per heavy atom. The quantitative estimate of drug-likeness (QED) is 0.635. The van der Waals surface area contributed by atoms with E-state index in [2.05, 4.69) is 40.0 Å². The number of carbonyl (C=O) groups is 1. The van der Waals surface area contributed by atoms with E-state index in [9.17, 15) is 13.2 Å². The van der Waals surface area contributed by atoms with Crippen molar-refractivity contribution >= 4 is 27.6 Å². The summed E-state index contributed by atoms with van der Waals surface area (Å²) in [4.78, 5) is 15.4. The van der Waals surface area contributed by atoms with E-state index < -0.39 is 16.2 Å². The first-order chi connectivity index (χ1) is 16.7. The van der Waals surface area contributed by atoms with Gasteiger partial charge in [-0.05, 0) is 94.0 Å². The van der Waals surface area contributed by atoms with Crippen molar-refractivity contribution in [3.8, 4) is 0 Å². The lowest BCUT2D eigenvalue weighted by Crippen LogP contribution is -2.55. The second-order valence-electron chi connectivity index (χ2n) is 10.3. The van der Waals surface area contributed by atoms with Gasteiger partial charge in [0.2, 0.25) is 0 Å². The van der Waals surface area contributed by atoms with E-state index in [1.807, 2.05) is 0 Å². The van der Waals surface area contributed by atoms with Gasteiger partial charge in [-0.25, -0.2) is 13.8 Å². The zero-order valence-corrected chi connectivity index (χ0v) is 21.7. The Kier molecular flexibility index (Phi) is 6.52. The van der Waals surface area contributed by atoms with Crippen LogP contribution in [0.2, 0.25) is 0 Å². The van der Waals surface area contributed by atoms with E-state index in [4.69, 9.17) is 0 Å². The highest BCUT2D eigenvalue weighted by molar-refractivity contribution is 7.91. The van der Waals surface area contributed by atoms with Crippen molar-refractivity contribution in [2.24, 2.45) is 7.05 Å². The molecule has 0 radical (unpaired) electrons. The molecule has 9 nitrogen and oxygen atoms in total. The number of piperidine rings is 1. The number of aryl methyl sites for hydroxylation is 3. The third-order valence-corrected chi connectivity index (χ3v) is 9.10. The van der Waals surface area contributed by atoms with Gasteiger partial charge < -0.3 is 5.32 Å². The number of likely N-dealkylation sites (tertiary alicyclic amines) is 1. The van der Waals surface area contributed by atoms with E-state index in [0.717, 1.165) is 63.6 Å². The predicted octanol–water partition coefficient (Wildman–Crippen LogP) is 3.14. The van der Waals surface area contributed by atoms with Crippen LogP contribution in [0.3, 0.4) is 0 Å². The normalized spacial score (nSPS) is 20.1. The number of benzene rings is 1. The molecule has 1 aliphatic heterocycles. The number of aromatic nitrogens is 2. The average Bonchev–Trinajstić information content (AvgIpc) is 3.54. The van der Waals surface area contributed by atoms with Crippen molar-refractivity contribution in [2.75, 3.05) is 22.7 Å². The highest BCUT2D eigenvalue weighted by Gasteiger charge is 2.36. The molecule has 3 aliphatic rings. The fraction of sp³-hybridized carbons (Fsp3) is 0.600. The molecule has 1 aromatic heterocycles. The van der Waals surface area contributed by atoms with Gasteiger partial charge in [-0.15, -0.1) is 0 Å². The van der Waals surface area contributed by atoms with Crippen LogP contribution in [0.4, 0.5) is 16.2 Å². The Morgan fingerprint density at radius 3 is 2.40 bits per heavy atom. The number of urea groups is 1. The van der Waals surface area contributed by atoms with Gasteiger partial charge in [-0.2, -0.15) is 13.5 Å². The van der Waals surface area contributed by atoms with Crippen molar-refractivity contribution in [3.05, 3.63) is 40.7 Å². The van der Waals surface area contributed by atoms with E-state index >= 15 is 0 Å². The molecule has 1 saturated heterocycles. The van der Waals surface area contributed by atoms with E-state index in [1.165, 1.54) is 26.6 Å². The van der Waals surface area contributed by atoms with Gasteiger partial charge in [0.1, 0.15) is 0 Å². The minimum absolute atomic E-state index is 0.286. The molecule has 2 aliphatic carbocycles. The van der Waals surface area contributed by atoms with Gasteiger partial charge in [0, 0.05) is 31.5 Å². The topological polar surface area (TPSA) is 99.6 Å². The van der Waals surface area contributed by atoms with E-state index in [1.54, 1.807) is 24.1 Å². The largest absolute Gasteiger partial charge is 0.334 e. The van der Waals surface area contributed by atoms with E-state index in [-0.39, 0.29) is 6.04 Å². The molecular weight excluding hydrogens is 464 g/mol. The van der Waals surface area contributed by atoms with Crippen molar-refractivity contribution in [3.63, 3.8) is 0 Å². The molecule has 2 aromatic rings. The fourth-order valence-electron chi connectivity index (χ4n) is 5.98. The summed E-state index contributed by atoms with van der Waals surface area (Å²) in [6.45, 7) is 5.78. The smallest absolute Gasteiger partial charge is 0.307 e. The lowest BCUT2D eigenvalue weighted by Gasteiger charge is -2.40.